The molecule has 1 aliphatic heterocycles. The lowest BCUT2D eigenvalue weighted by molar-refractivity contribution is -0.153. The summed E-state index contributed by atoms with van der Waals surface area (Å²) in [6.45, 7) is 4.45. The van der Waals surface area contributed by atoms with E-state index in [1.807, 2.05) is 0 Å². The van der Waals surface area contributed by atoms with Crippen molar-refractivity contribution in [1.82, 2.24) is 0 Å². The van der Waals surface area contributed by atoms with Crippen LogP contribution in [0.4, 0.5) is 0 Å². The minimum atomic E-state index is -0.345. The summed E-state index contributed by atoms with van der Waals surface area (Å²) in [7, 11) is 0. The lowest BCUT2D eigenvalue weighted by Crippen LogP contribution is -2.11. The highest BCUT2D eigenvalue weighted by molar-refractivity contribution is 5.94. The largest absolute Gasteiger partial charge is 0.393 e. The molecule has 23 heavy (non-hydrogen) atoms. The summed E-state index contributed by atoms with van der Waals surface area (Å²) in [4.78, 5) is 22.5. The van der Waals surface area contributed by atoms with Crippen LogP contribution in [0.3, 0.4) is 0 Å². The van der Waals surface area contributed by atoms with E-state index in [1.54, 1.807) is 0 Å². The van der Waals surface area contributed by atoms with Crippen LogP contribution in [0.5, 0.6) is 0 Å². The summed E-state index contributed by atoms with van der Waals surface area (Å²) in [6, 6.07) is 0. The lowest BCUT2D eigenvalue weighted by atomic mass is 9.90. The Hall–Kier alpha value is -0.860. The maximum Gasteiger partial charge on any atom is 0.317 e. The molecule has 0 saturated carbocycles. The molecule has 0 amide bonds. The molecule has 3 heteroatoms. The Bertz CT molecular complexity index is 338. The van der Waals surface area contributed by atoms with E-state index in [4.69, 9.17) is 0 Å². The monoisotopic (exact) mass is 324 g/mol. The molecule has 0 aromatic carbocycles. The Morgan fingerprint density at radius 2 is 1.43 bits per heavy atom. The van der Waals surface area contributed by atoms with Gasteiger partial charge in [0.05, 0.1) is 12.3 Å². The smallest absolute Gasteiger partial charge is 0.317 e. The third-order valence-electron chi connectivity index (χ3n) is 4.95. The first-order valence-corrected chi connectivity index (χ1v) is 9.88. The summed E-state index contributed by atoms with van der Waals surface area (Å²) < 4.78 is 4.61. The number of hydrogen-bond acceptors (Lipinski definition) is 3. The van der Waals surface area contributed by atoms with Crippen LogP contribution in [-0.2, 0) is 14.3 Å². The van der Waals surface area contributed by atoms with Gasteiger partial charge in [0.15, 0.2) is 0 Å². The average Bonchev–Trinajstić information content (AvgIpc) is 2.82. The molecule has 0 aromatic rings. The van der Waals surface area contributed by atoms with Crippen molar-refractivity contribution in [3.63, 3.8) is 0 Å². The molecule has 3 nitrogen and oxygen atoms in total. The number of cyclic esters (lactones) is 2. The number of rotatable bonds is 14. The molecule has 134 valence electrons. The van der Waals surface area contributed by atoms with E-state index in [1.165, 1.54) is 70.6 Å². The molecule has 1 aliphatic rings. The standard InChI is InChI=1S/C20H36O3/c1-3-4-5-6-7-8-9-10-11-12-13-14-17(2)15-18-16-19(21)23-20(18)22/h17-18H,3-16H2,1-2H3. The van der Waals surface area contributed by atoms with Crippen LogP contribution in [0, 0.1) is 11.8 Å². The molecular formula is C20H36O3. The number of carbonyl (C=O) groups is 2. The van der Waals surface area contributed by atoms with Gasteiger partial charge >= 0.3 is 11.9 Å². The summed E-state index contributed by atoms with van der Waals surface area (Å²) in [6.07, 6.45) is 17.3. The van der Waals surface area contributed by atoms with Crippen LogP contribution in [-0.4, -0.2) is 11.9 Å². The van der Waals surface area contributed by atoms with Gasteiger partial charge in [-0.15, -0.1) is 0 Å². The van der Waals surface area contributed by atoms with Crippen LogP contribution in [0.2, 0.25) is 0 Å². The van der Waals surface area contributed by atoms with Crippen molar-refractivity contribution in [2.75, 3.05) is 0 Å². The van der Waals surface area contributed by atoms with E-state index in [2.05, 4.69) is 18.6 Å². The molecule has 0 spiro atoms. The third-order valence-corrected chi connectivity index (χ3v) is 4.95. The molecule has 2 unspecified atom stereocenters. The lowest BCUT2D eigenvalue weighted by Gasteiger charge is -2.13. The molecule has 2 atom stereocenters. The van der Waals surface area contributed by atoms with Crippen molar-refractivity contribution in [3.05, 3.63) is 0 Å². The van der Waals surface area contributed by atoms with Crippen molar-refractivity contribution >= 4 is 11.9 Å². The molecule has 0 aromatic heterocycles. The summed E-state index contributed by atoms with van der Waals surface area (Å²) in [5.74, 6) is -0.315. The van der Waals surface area contributed by atoms with Gasteiger partial charge in [0.2, 0.25) is 0 Å². The quantitative estimate of drug-likeness (QED) is 0.230. The molecule has 1 rings (SSSR count). The van der Waals surface area contributed by atoms with Gasteiger partial charge in [-0.05, 0) is 12.3 Å². The summed E-state index contributed by atoms with van der Waals surface area (Å²) in [5, 5.41) is 0. The molecular weight excluding hydrogens is 288 g/mol. The van der Waals surface area contributed by atoms with Crippen LogP contribution >= 0.6 is 0 Å². The van der Waals surface area contributed by atoms with Gasteiger partial charge in [0.25, 0.3) is 0 Å². The minimum Gasteiger partial charge on any atom is -0.393 e. The minimum absolute atomic E-state index is 0.176. The maximum absolute atomic E-state index is 11.4. The fourth-order valence-electron chi connectivity index (χ4n) is 3.46. The molecule has 0 aliphatic carbocycles. The highest BCUT2D eigenvalue weighted by atomic mass is 16.6. The van der Waals surface area contributed by atoms with Crippen LogP contribution in [0.25, 0.3) is 0 Å². The van der Waals surface area contributed by atoms with E-state index >= 15 is 0 Å². The van der Waals surface area contributed by atoms with E-state index < -0.39 is 0 Å². The Kier molecular flexibility index (Phi) is 11.0. The maximum atomic E-state index is 11.4. The van der Waals surface area contributed by atoms with E-state index in [0.29, 0.717) is 12.3 Å². The van der Waals surface area contributed by atoms with Crippen molar-refractivity contribution in [3.8, 4) is 0 Å². The topological polar surface area (TPSA) is 43.4 Å². The van der Waals surface area contributed by atoms with Crippen LogP contribution in [0.15, 0.2) is 0 Å². The Balaban J connectivity index is 1.87. The number of hydrogen-bond donors (Lipinski definition) is 0. The SMILES string of the molecule is CCCCCCCCCCCCCC(C)CC1CC(=O)OC1=O. The Labute approximate surface area is 142 Å². The zero-order chi connectivity index (χ0) is 16.9. The number of unbranched alkanes of at least 4 members (excludes halogenated alkanes) is 10. The summed E-state index contributed by atoms with van der Waals surface area (Å²) >= 11 is 0. The molecule has 1 heterocycles. The average molecular weight is 325 g/mol. The molecule has 0 bridgehead atoms. The van der Waals surface area contributed by atoms with Gasteiger partial charge in [-0.25, -0.2) is 0 Å². The van der Waals surface area contributed by atoms with Gasteiger partial charge in [-0.1, -0.05) is 90.9 Å². The van der Waals surface area contributed by atoms with Crippen LogP contribution < -0.4 is 0 Å². The van der Waals surface area contributed by atoms with Crippen molar-refractivity contribution in [1.29, 1.82) is 0 Å². The first kappa shape index (κ1) is 20.2. The van der Waals surface area contributed by atoms with Gasteiger partial charge < -0.3 is 4.74 Å². The van der Waals surface area contributed by atoms with Crippen molar-refractivity contribution < 1.29 is 14.3 Å². The zero-order valence-corrected chi connectivity index (χ0v) is 15.3. The summed E-state index contributed by atoms with van der Waals surface area (Å²) in [5.41, 5.74) is 0. The fourth-order valence-corrected chi connectivity index (χ4v) is 3.46. The van der Waals surface area contributed by atoms with E-state index in [0.717, 1.165) is 12.8 Å². The van der Waals surface area contributed by atoms with Gasteiger partial charge in [-0.2, -0.15) is 0 Å². The molecule has 1 fully saturated rings. The highest BCUT2D eigenvalue weighted by Crippen LogP contribution is 2.26. The fraction of sp³-hybridized carbons (Fsp3) is 0.900. The Morgan fingerprint density at radius 1 is 0.913 bits per heavy atom. The Morgan fingerprint density at radius 3 is 1.91 bits per heavy atom. The number of ether oxygens (including phenoxy) is 1. The normalized spacial score (nSPS) is 19.1. The van der Waals surface area contributed by atoms with Crippen LogP contribution in [0.1, 0.15) is 104 Å². The van der Waals surface area contributed by atoms with Gasteiger partial charge in [0.1, 0.15) is 0 Å². The van der Waals surface area contributed by atoms with Crippen molar-refractivity contribution in [2.24, 2.45) is 11.8 Å². The number of carbonyl (C=O) groups excluding carboxylic acids is 2. The molecule has 0 radical (unpaired) electrons. The third kappa shape index (κ3) is 9.78. The second kappa shape index (κ2) is 12.5. The number of esters is 2. The second-order valence-electron chi connectivity index (χ2n) is 7.36. The molecule has 1 saturated heterocycles. The first-order valence-electron chi connectivity index (χ1n) is 9.88. The van der Waals surface area contributed by atoms with E-state index in [9.17, 15) is 9.59 Å². The van der Waals surface area contributed by atoms with Gasteiger partial charge in [0, 0.05) is 0 Å². The van der Waals surface area contributed by atoms with Crippen molar-refractivity contribution in [2.45, 2.75) is 104 Å². The van der Waals surface area contributed by atoms with Gasteiger partial charge in [-0.3, -0.25) is 9.59 Å². The highest BCUT2D eigenvalue weighted by Gasteiger charge is 2.33. The predicted octanol–water partition coefficient (Wildman–Crippen LogP) is 5.80. The first-order chi connectivity index (χ1) is 11.1. The molecule has 0 N–H and O–H groups in total. The predicted molar refractivity (Wildman–Crippen MR) is 94.1 cm³/mol. The van der Waals surface area contributed by atoms with E-state index in [-0.39, 0.29) is 17.9 Å². The zero-order valence-electron chi connectivity index (χ0n) is 15.3. The second-order valence-corrected chi connectivity index (χ2v) is 7.36.